The lowest BCUT2D eigenvalue weighted by atomic mass is 10.2. The van der Waals surface area contributed by atoms with Crippen molar-refractivity contribution in [1.29, 1.82) is 0 Å². The summed E-state index contributed by atoms with van der Waals surface area (Å²) in [5.41, 5.74) is 0.696. The molecule has 3 heterocycles. The van der Waals surface area contributed by atoms with Crippen molar-refractivity contribution < 1.29 is 9.53 Å². The highest BCUT2D eigenvalue weighted by Crippen LogP contribution is 2.27. The fourth-order valence-electron chi connectivity index (χ4n) is 3.33. The van der Waals surface area contributed by atoms with E-state index in [1.54, 1.807) is 25.1 Å². The minimum Gasteiger partial charge on any atom is -0.465 e. The van der Waals surface area contributed by atoms with Crippen LogP contribution in [0.5, 0.6) is 0 Å². The Bertz CT molecular complexity index is 1390. The summed E-state index contributed by atoms with van der Waals surface area (Å²) in [7, 11) is 3.13. The van der Waals surface area contributed by atoms with E-state index in [0.717, 1.165) is 11.3 Å². The molecule has 0 amide bonds. The molecule has 0 aliphatic rings. The average molecular weight is 425 g/mol. The monoisotopic (exact) mass is 425 g/mol. The number of hydrogen-bond acceptors (Lipinski definition) is 8. The van der Waals surface area contributed by atoms with Gasteiger partial charge in [-0.2, -0.15) is 0 Å². The number of hydrogen-bond donors (Lipinski definition) is 2. The van der Waals surface area contributed by atoms with Crippen molar-refractivity contribution in [1.82, 2.24) is 24.8 Å². The topological polar surface area (TPSA) is 121 Å². The highest BCUT2D eigenvalue weighted by molar-refractivity contribution is 7.20. The third-order valence-electron chi connectivity index (χ3n) is 4.72. The molecule has 0 atom stereocenters. The van der Waals surface area contributed by atoms with Crippen LogP contribution in [0.15, 0.2) is 33.9 Å². The fraction of sp³-hybridized carbons (Fsp3) is 0.250. The van der Waals surface area contributed by atoms with Crippen molar-refractivity contribution in [3.05, 3.63) is 67.1 Å². The first-order valence-electron chi connectivity index (χ1n) is 9.14. The van der Waals surface area contributed by atoms with Crippen molar-refractivity contribution >= 4 is 38.4 Å². The van der Waals surface area contributed by atoms with Gasteiger partial charge in [-0.05, 0) is 31.7 Å². The van der Waals surface area contributed by atoms with Gasteiger partial charge in [0.2, 0.25) is 0 Å². The number of aromatic nitrogens is 4. The molecule has 30 heavy (non-hydrogen) atoms. The molecule has 154 valence electrons. The predicted molar refractivity (Wildman–Crippen MR) is 114 cm³/mol. The van der Waals surface area contributed by atoms with Crippen molar-refractivity contribution in [3.63, 3.8) is 0 Å². The molecule has 0 saturated carbocycles. The highest BCUT2D eigenvalue weighted by Gasteiger charge is 2.20. The lowest BCUT2D eigenvalue weighted by Crippen LogP contribution is -2.24. The third kappa shape index (κ3) is 3.62. The average Bonchev–Trinajstić information content (AvgIpc) is 3.04. The maximum atomic E-state index is 12.6. The van der Waals surface area contributed by atoms with Gasteiger partial charge in [0.05, 0.1) is 36.5 Å². The van der Waals surface area contributed by atoms with Crippen LogP contribution >= 0.6 is 11.3 Å². The number of aryl methyl sites for hydroxylation is 1. The van der Waals surface area contributed by atoms with Gasteiger partial charge >= 0.3 is 5.97 Å². The van der Waals surface area contributed by atoms with Crippen LogP contribution in [0.1, 0.15) is 26.9 Å². The summed E-state index contributed by atoms with van der Waals surface area (Å²) < 4.78 is 4.78. The number of fused-ring (bicyclic) bond motifs is 2. The number of methoxy groups -OCH3 is 1. The van der Waals surface area contributed by atoms with Crippen LogP contribution in [-0.4, -0.2) is 45.0 Å². The number of thiophene rings is 1. The molecule has 0 radical (unpaired) electrons. The van der Waals surface area contributed by atoms with Crippen molar-refractivity contribution in [2.24, 2.45) is 0 Å². The Morgan fingerprint density at radius 3 is 2.50 bits per heavy atom. The molecule has 0 spiro atoms. The van der Waals surface area contributed by atoms with E-state index in [4.69, 9.17) is 4.74 Å². The number of benzene rings is 1. The Kier molecular flexibility index (Phi) is 5.18. The van der Waals surface area contributed by atoms with Gasteiger partial charge in [0.15, 0.2) is 0 Å². The molecule has 0 saturated heterocycles. The van der Waals surface area contributed by atoms with E-state index in [-0.39, 0.29) is 11.1 Å². The minimum absolute atomic E-state index is 0.193. The van der Waals surface area contributed by atoms with Gasteiger partial charge < -0.3 is 14.7 Å². The van der Waals surface area contributed by atoms with Crippen LogP contribution in [0.2, 0.25) is 0 Å². The van der Waals surface area contributed by atoms with Crippen molar-refractivity contribution in [2.45, 2.75) is 20.0 Å². The number of carbonyl (C=O) groups is 1. The number of aromatic amines is 2. The van der Waals surface area contributed by atoms with Crippen LogP contribution < -0.4 is 11.1 Å². The van der Waals surface area contributed by atoms with E-state index in [0.29, 0.717) is 56.3 Å². The smallest absolute Gasteiger partial charge is 0.348 e. The van der Waals surface area contributed by atoms with Crippen LogP contribution in [-0.2, 0) is 17.8 Å². The zero-order chi connectivity index (χ0) is 21.4. The van der Waals surface area contributed by atoms with Crippen LogP contribution in [0.25, 0.3) is 21.1 Å². The maximum Gasteiger partial charge on any atom is 0.348 e. The molecule has 1 aromatic carbocycles. The fourth-order valence-corrected chi connectivity index (χ4v) is 4.45. The van der Waals surface area contributed by atoms with E-state index in [9.17, 15) is 14.4 Å². The zero-order valence-corrected chi connectivity index (χ0v) is 17.4. The van der Waals surface area contributed by atoms with E-state index in [2.05, 4.69) is 19.9 Å². The van der Waals surface area contributed by atoms with Crippen molar-refractivity contribution in [3.8, 4) is 0 Å². The number of nitrogens with zero attached hydrogens (tertiary/aromatic N) is 3. The second-order valence-corrected chi connectivity index (χ2v) is 7.94. The molecule has 3 aromatic heterocycles. The first-order valence-corrected chi connectivity index (χ1v) is 9.96. The molecule has 10 heteroatoms. The number of nitrogens with one attached hydrogen (secondary N) is 2. The Morgan fingerprint density at radius 1 is 1.10 bits per heavy atom. The molecule has 0 unspecified atom stereocenters. The van der Waals surface area contributed by atoms with Gasteiger partial charge in [-0.1, -0.05) is 12.1 Å². The SMILES string of the molecule is COC(=O)c1sc2nc(CN(C)Cc3nc4ccccc4c(=O)[nH]3)[nH]c(=O)c2c1C. The van der Waals surface area contributed by atoms with Gasteiger partial charge in [0.25, 0.3) is 11.1 Å². The summed E-state index contributed by atoms with van der Waals surface area (Å²) in [4.78, 5) is 54.0. The standard InChI is InChI=1S/C20H19N5O4S/c1-10-15-18(27)23-14(24-19(15)30-16(10)20(28)29-3)9-25(2)8-13-21-12-7-5-4-6-11(12)17(26)22-13/h4-7H,8-9H2,1-3H3,(H,21,22,26)(H,23,24,27). The number of carbonyl (C=O) groups excluding carboxylic acids is 1. The lowest BCUT2D eigenvalue weighted by Gasteiger charge is -2.15. The van der Waals surface area contributed by atoms with E-state index in [1.807, 2.05) is 18.0 Å². The summed E-state index contributed by atoms with van der Waals surface area (Å²) in [5.74, 6) is 0.486. The van der Waals surface area contributed by atoms with Crippen molar-refractivity contribution in [2.75, 3.05) is 14.2 Å². The molecule has 0 fully saturated rings. The first-order chi connectivity index (χ1) is 14.4. The summed E-state index contributed by atoms with van der Waals surface area (Å²) in [6, 6.07) is 7.14. The first kappa shape index (κ1) is 19.9. The number of H-pyrrole nitrogens is 2. The Labute approximate surface area is 174 Å². The number of para-hydroxylation sites is 1. The van der Waals surface area contributed by atoms with Gasteiger partial charge in [0, 0.05) is 0 Å². The lowest BCUT2D eigenvalue weighted by molar-refractivity contribution is 0.0605. The highest BCUT2D eigenvalue weighted by atomic mass is 32.1. The Morgan fingerprint density at radius 2 is 1.77 bits per heavy atom. The third-order valence-corrected chi connectivity index (χ3v) is 5.89. The quantitative estimate of drug-likeness (QED) is 0.469. The molecule has 4 aromatic rings. The summed E-state index contributed by atoms with van der Waals surface area (Å²) in [5, 5.41) is 0.933. The van der Waals surface area contributed by atoms with Gasteiger partial charge in [-0.3, -0.25) is 14.5 Å². The largest absolute Gasteiger partial charge is 0.465 e. The zero-order valence-electron chi connectivity index (χ0n) is 16.6. The normalized spacial score (nSPS) is 11.5. The second kappa shape index (κ2) is 7.81. The molecule has 4 rings (SSSR count). The van der Waals surface area contributed by atoms with Gasteiger partial charge in [-0.25, -0.2) is 14.8 Å². The molecule has 0 aliphatic carbocycles. The van der Waals surface area contributed by atoms with Gasteiger partial charge in [0.1, 0.15) is 21.4 Å². The second-order valence-electron chi connectivity index (χ2n) is 6.94. The molecule has 9 nitrogen and oxygen atoms in total. The van der Waals surface area contributed by atoms with Gasteiger partial charge in [-0.15, -0.1) is 11.3 Å². The molecule has 0 bridgehead atoms. The number of ether oxygens (including phenoxy) is 1. The summed E-state index contributed by atoms with van der Waals surface area (Å²) in [6.45, 7) is 2.39. The van der Waals surface area contributed by atoms with E-state index in [1.165, 1.54) is 7.11 Å². The Hall–Kier alpha value is -3.37. The van der Waals surface area contributed by atoms with Crippen LogP contribution in [0, 0.1) is 6.92 Å². The number of rotatable bonds is 5. The van der Waals surface area contributed by atoms with Crippen LogP contribution in [0.3, 0.4) is 0 Å². The minimum atomic E-state index is -0.486. The molecular weight excluding hydrogens is 406 g/mol. The van der Waals surface area contributed by atoms with E-state index < -0.39 is 5.97 Å². The number of esters is 1. The predicted octanol–water partition coefficient (Wildman–Crippen LogP) is 1.95. The summed E-state index contributed by atoms with van der Waals surface area (Å²) >= 11 is 1.14. The van der Waals surface area contributed by atoms with Crippen LogP contribution in [0.4, 0.5) is 0 Å². The maximum absolute atomic E-state index is 12.6. The molecule has 2 N–H and O–H groups in total. The molecular formula is C20H19N5O4S. The van der Waals surface area contributed by atoms with E-state index >= 15 is 0 Å². The molecule has 0 aliphatic heterocycles. The summed E-state index contributed by atoms with van der Waals surface area (Å²) in [6.07, 6.45) is 0. The Balaban J connectivity index is 1.60.